The fraction of sp³-hybridized carbons (Fsp3) is 0.524. The Kier molecular flexibility index (Phi) is 3.95. The van der Waals surface area contributed by atoms with Crippen molar-refractivity contribution in [3.8, 4) is 0 Å². The Hall–Kier alpha value is -1.94. The third kappa shape index (κ3) is 2.73. The number of benzene rings is 1. The van der Waals surface area contributed by atoms with Crippen LogP contribution in [0.5, 0.6) is 0 Å². The van der Waals surface area contributed by atoms with Crippen LogP contribution in [0.2, 0.25) is 0 Å². The van der Waals surface area contributed by atoms with Crippen LogP contribution in [0, 0.1) is 6.92 Å². The third-order valence-corrected chi connectivity index (χ3v) is 5.14. The van der Waals surface area contributed by atoms with E-state index in [0.717, 1.165) is 16.7 Å². The molecule has 2 aliphatic rings. The Morgan fingerprint density at radius 3 is 2.64 bits per heavy atom. The number of aryl methyl sites for hydroxylation is 1. The van der Waals surface area contributed by atoms with Gasteiger partial charge < -0.3 is 9.47 Å². The van der Waals surface area contributed by atoms with E-state index in [0.29, 0.717) is 6.42 Å². The van der Waals surface area contributed by atoms with Gasteiger partial charge in [0.25, 0.3) is 0 Å². The number of hydrogen-bond donors (Lipinski definition) is 0. The lowest BCUT2D eigenvalue weighted by Gasteiger charge is -2.37. The monoisotopic (exact) mass is 342 g/mol. The molecular formula is C21H26O4. The topological polar surface area (TPSA) is 52.6 Å². The van der Waals surface area contributed by atoms with Crippen LogP contribution in [0.4, 0.5) is 0 Å². The second-order valence-corrected chi connectivity index (χ2v) is 8.37. The summed E-state index contributed by atoms with van der Waals surface area (Å²) in [4.78, 5) is 26.1. The average molecular weight is 342 g/mol. The highest BCUT2D eigenvalue weighted by Gasteiger charge is 2.68. The Bertz CT molecular complexity index is 757. The van der Waals surface area contributed by atoms with Crippen LogP contribution < -0.4 is 0 Å². The van der Waals surface area contributed by atoms with E-state index in [9.17, 15) is 9.59 Å². The molecule has 0 spiro atoms. The molecule has 134 valence electrons. The zero-order valence-electron chi connectivity index (χ0n) is 15.6. The Labute approximate surface area is 149 Å². The second-order valence-electron chi connectivity index (χ2n) is 8.37. The molecule has 25 heavy (non-hydrogen) atoms. The highest BCUT2D eigenvalue weighted by Crippen LogP contribution is 2.57. The number of rotatable bonds is 2. The van der Waals surface area contributed by atoms with Gasteiger partial charge in [0.1, 0.15) is 5.60 Å². The first-order chi connectivity index (χ1) is 11.5. The van der Waals surface area contributed by atoms with E-state index in [1.807, 2.05) is 38.1 Å². The van der Waals surface area contributed by atoms with Gasteiger partial charge in [-0.1, -0.05) is 36.4 Å². The number of carbonyl (C=O) groups excluding carboxylic acids is 2. The molecule has 1 aromatic rings. The van der Waals surface area contributed by atoms with Crippen molar-refractivity contribution in [1.82, 2.24) is 0 Å². The lowest BCUT2D eigenvalue weighted by Crippen LogP contribution is -2.56. The molecule has 0 aliphatic carbocycles. The molecule has 4 heteroatoms. The lowest BCUT2D eigenvalue weighted by molar-refractivity contribution is -0.198. The van der Waals surface area contributed by atoms with Gasteiger partial charge in [0.2, 0.25) is 5.60 Å². The van der Waals surface area contributed by atoms with Crippen LogP contribution in [0.25, 0.3) is 0 Å². The number of carbonyl (C=O) groups is 2. The van der Waals surface area contributed by atoms with Crippen LogP contribution in [0.3, 0.4) is 0 Å². The van der Waals surface area contributed by atoms with Crippen molar-refractivity contribution in [2.24, 2.45) is 0 Å². The van der Waals surface area contributed by atoms with E-state index in [1.54, 1.807) is 20.8 Å². The standard InChI is InChI=1S/C21H26O4/c1-13-8-7-9-15(12-13)17-14(2)20(6)11-10-16(22)21(17,25-20)18(23)24-19(3,4)5/h7-9,12,17H,2,10-11H2,1,3-6H3/t17-,20+,21-/m0/s1. The number of Topliss-reactive ketones (excluding diaryl/α,β-unsaturated/α-hetero) is 1. The summed E-state index contributed by atoms with van der Waals surface area (Å²) in [6, 6.07) is 7.83. The highest BCUT2D eigenvalue weighted by atomic mass is 16.6. The van der Waals surface area contributed by atoms with E-state index in [4.69, 9.17) is 9.47 Å². The highest BCUT2D eigenvalue weighted by molar-refractivity contribution is 6.10. The molecule has 3 atom stereocenters. The average Bonchev–Trinajstić information content (AvgIpc) is 2.69. The molecule has 2 aliphatic heterocycles. The van der Waals surface area contributed by atoms with Crippen LogP contribution in [-0.2, 0) is 19.1 Å². The quantitative estimate of drug-likeness (QED) is 0.465. The first kappa shape index (κ1) is 17.9. The van der Waals surface area contributed by atoms with Crippen molar-refractivity contribution in [3.05, 3.63) is 47.5 Å². The van der Waals surface area contributed by atoms with Crippen molar-refractivity contribution < 1.29 is 19.1 Å². The Morgan fingerprint density at radius 2 is 2.04 bits per heavy atom. The lowest BCUT2D eigenvalue weighted by atomic mass is 9.76. The van der Waals surface area contributed by atoms with Crippen molar-refractivity contribution >= 4 is 11.8 Å². The zero-order valence-corrected chi connectivity index (χ0v) is 15.6. The Morgan fingerprint density at radius 1 is 1.36 bits per heavy atom. The predicted molar refractivity (Wildman–Crippen MR) is 95.4 cm³/mol. The van der Waals surface area contributed by atoms with Gasteiger partial charge in [-0.15, -0.1) is 0 Å². The summed E-state index contributed by atoms with van der Waals surface area (Å²) in [6.45, 7) is 13.5. The third-order valence-electron chi connectivity index (χ3n) is 5.14. The van der Waals surface area contributed by atoms with Crippen LogP contribution in [0.15, 0.2) is 36.4 Å². The SMILES string of the molecule is C=C1[C@@H](c2cccc(C)c2)[C@@]2(C(=O)OC(C)(C)C)O[C@]1(C)CCC2=O. The van der Waals surface area contributed by atoms with E-state index in [2.05, 4.69) is 6.58 Å². The van der Waals surface area contributed by atoms with Crippen molar-refractivity contribution in [3.63, 3.8) is 0 Å². The van der Waals surface area contributed by atoms with Gasteiger partial charge in [0, 0.05) is 6.42 Å². The molecule has 2 fully saturated rings. The van der Waals surface area contributed by atoms with Crippen LogP contribution >= 0.6 is 0 Å². The van der Waals surface area contributed by atoms with Crippen molar-refractivity contribution in [2.45, 2.75) is 70.2 Å². The predicted octanol–water partition coefficient (Wildman–Crippen LogP) is 3.87. The number of hydrogen-bond acceptors (Lipinski definition) is 4. The molecule has 2 saturated heterocycles. The van der Waals surface area contributed by atoms with Gasteiger partial charge in [0.15, 0.2) is 5.78 Å². The summed E-state index contributed by atoms with van der Waals surface area (Å²) in [5.74, 6) is -1.35. The molecule has 1 aromatic carbocycles. The van der Waals surface area contributed by atoms with Gasteiger partial charge in [-0.05, 0) is 52.2 Å². The van der Waals surface area contributed by atoms with Gasteiger partial charge >= 0.3 is 5.97 Å². The summed E-state index contributed by atoms with van der Waals surface area (Å²) in [5, 5.41) is 0. The number of fused-ring (bicyclic) bond motifs is 2. The summed E-state index contributed by atoms with van der Waals surface area (Å²) in [7, 11) is 0. The zero-order chi connectivity index (χ0) is 18.6. The first-order valence-electron chi connectivity index (χ1n) is 8.72. The maximum absolute atomic E-state index is 13.2. The second kappa shape index (κ2) is 5.53. The van der Waals surface area contributed by atoms with Crippen LogP contribution in [-0.4, -0.2) is 28.6 Å². The molecular weight excluding hydrogens is 316 g/mol. The summed E-state index contributed by atoms with van der Waals surface area (Å²) >= 11 is 0. The van der Waals surface area contributed by atoms with E-state index < -0.39 is 28.7 Å². The largest absolute Gasteiger partial charge is 0.457 e. The maximum atomic E-state index is 13.2. The number of esters is 1. The number of ether oxygens (including phenoxy) is 2. The molecule has 2 bridgehead atoms. The van der Waals surface area contributed by atoms with Gasteiger partial charge in [-0.25, -0.2) is 4.79 Å². The van der Waals surface area contributed by atoms with Crippen molar-refractivity contribution in [1.29, 1.82) is 0 Å². The molecule has 2 heterocycles. The van der Waals surface area contributed by atoms with Gasteiger partial charge in [-0.2, -0.15) is 0 Å². The van der Waals surface area contributed by atoms with E-state index in [1.165, 1.54) is 0 Å². The van der Waals surface area contributed by atoms with Crippen LogP contribution in [0.1, 0.15) is 57.6 Å². The minimum atomic E-state index is -1.63. The molecule has 4 nitrogen and oxygen atoms in total. The fourth-order valence-corrected chi connectivity index (χ4v) is 3.91. The molecule has 0 unspecified atom stereocenters. The molecule has 0 radical (unpaired) electrons. The smallest absolute Gasteiger partial charge is 0.347 e. The minimum absolute atomic E-state index is 0.218. The normalized spacial score (nSPS) is 32.0. The van der Waals surface area contributed by atoms with E-state index in [-0.39, 0.29) is 12.2 Å². The summed E-state index contributed by atoms with van der Waals surface area (Å²) in [5.41, 5.74) is -0.331. The first-order valence-corrected chi connectivity index (χ1v) is 8.72. The molecule has 3 rings (SSSR count). The molecule has 0 aromatic heterocycles. The van der Waals surface area contributed by atoms with Gasteiger partial charge in [-0.3, -0.25) is 4.79 Å². The van der Waals surface area contributed by atoms with Crippen molar-refractivity contribution in [2.75, 3.05) is 0 Å². The Balaban J connectivity index is 2.17. The minimum Gasteiger partial charge on any atom is -0.457 e. The summed E-state index contributed by atoms with van der Waals surface area (Å²) < 4.78 is 11.8. The summed E-state index contributed by atoms with van der Waals surface area (Å²) in [6.07, 6.45) is 0.828. The number of ketones is 1. The molecule has 0 saturated carbocycles. The molecule has 0 N–H and O–H groups in total. The van der Waals surface area contributed by atoms with Gasteiger partial charge in [0.05, 0.1) is 11.5 Å². The maximum Gasteiger partial charge on any atom is 0.347 e. The van der Waals surface area contributed by atoms with E-state index >= 15 is 0 Å². The fourth-order valence-electron chi connectivity index (χ4n) is 3.91. The molecule has 0 amide bonds.